The van der Waals surface area contributed by atoms with Crippen LogP contribution in [0.2, 0.25) is 10.0 Å². The van der Waals surface area contributed by atoms with E-state index in [0.717, 1.165) is 6.26 Å². The zero-order chi connectivity index (χ0) is 14.2. The maximum absolute atomic E-state index is 11.9. The van der Waals surface area contributed by atoms with Crippen molar-refractivity contribution in [2.24, 2.45) is 5.92 Å². The Bertz CT molecular complexity index is 612. The van der Waals surface area contributed by atoms with E-state index in [1.807, 2.05) is 0 Å². The molecule has 1 amide bonds. The van der Waals surface area contributed by atoms with Crippen LogP contribution >= 0.6 is 23.2 Å². The summed E-state index contributed by atoms with van der Waals surface area (Å²) in [5, 5.41) is 3.49. The maximum Gasteiger partial charge on any atom is 0.230 e. The minimum absolute atomic E-state index is 0.204. The number of amides is 1. The van der Waals surface area contributed by atoms with E-state index in [2.05, 4.69) is 5.32 Å². The van der Waals surface area contributed by atoms with Gasteiger partial charge in [0.2, 0.25) is 15.9 Å². The Labute approximate surface area is 121 Å². The zero-order valence-corrected chi connectivity index (χ0v) is 12.4. The largest absolute Gasteiger partial charge is 0.324 e. The number of nitrogens with one attached hydrogen (secondary N) is 1. The van der Waals surface area contributed by atoms with Gasteiger partial charge in [-0.3, -0.25) is 4.79 Å². The number of hydrogen-bond donors (Lipinski definition) is 1. The van der Waals surface area contributed by atoms with Gasteiger partial charge in [-0.05, 0) is 18.2 Å². The van der Waals surface area contributed by atoms with E-state index in [1.54, 1.807) is 12.1 Å². The van der Waals surface area contributed by atoms with Crippen LogP contribution in [-0.4, -0.2) is 38.0 Å². The van der Waals surface area contributed by atoms with Gasteiger partial charge in [0.15, 0.2) is 0 Å². The van der Waals surface area contributed by atoms with Gasteiger partial charge in [-0.15, -0.1) is 0 Å². The SMILES string of the molecule is CS(=O)(=O)N1CC(C(=O)Nc2ccc(Cl)cc2Cl)C1. The van der Waals surface area contributed by atoms with Gasteiger partial charge in [0.05, 0.1) is 22.9 Å². The molecule has 2 rings (SSSR count). The fourth-order valence-corrected chi connectivity index (χ4v) is 3.06. The molecule has 1 fully saturated rings. The van der Waals surface area contributed by atoms with Gasteiger partial charge in [-0.1, -0.05) is 23.2 Å². The predicted octanol–water partition coefficient (Wildman–Crippen LogP) is 1.82. The van der Waals surface area contributed by atoms with Gasteiger partial charge in [-0.25, -0.2) is 12.7 Å². The minimum atomic E-state index is -3.21. The second kappa shape index (κ2) is 5.28. The second-order valence-electron chi connectivity index (χ2n) is 4.39. The van der Waals surface area contributed by atoms with Crippen LogP contribution in [0, 0.1) is 5.92 Å². The van der Waals surface area contributed by atoms with Crippen LogP contribution < -0.4 is 5.32 Å². The first-order valence-electron chi connectivity index (χ1n) is 5.48. The molecule has 0 saturated carbocycles. The summed E-state index contributed by atoms with van der Waals surface area (Å²) >= 11 is 11.7. The smallest absolute Gasteiger partial charge is 0.230 e. The van der Waals surface area contributed by atoms with Crippen molar-refractivity contribution in [3.05, 3.63) is 28.2 Å². The summed E-state index contributed by atoms with van der Waals surface area (Å²) in [6.45, 7) is 0.408. The molecule has 1 aliphatic heterocycles. The summed E-state index contributed by atoms with van der Waals surface area (Å²) in [6, 6.07) is 4.75. The average Bonchev–Trinajstić information content (AvgIpc) is 2.17. The van der Waals surface area contributed by atoms with Crippen molar-refractivity contribution in [2.45, 2.75) is 0 Å². The number of nitrogens with zero attached hydrogens (tertiary/aromatic N) is 1. The molecule has 104 valence electrons. The first kappa shape index (κ1) is 14.6. The number of carbonyl (C=O) groups excluding carboxylic acids is 1. The highest BCUT2D eigenvalue weighted by Gasteiger charge is 2.37. The Morgan fingerprint density at radius 1 is 1.37 bits per heavy atom. The van der Waals surface area contributed by atoms with Crippen LogP contribution in [-0.2, 0) is 14.8 Å². The molecular weight excluding hydrogens is 311 g/mol. The number of benzene rings is 1. The number of sulfonamides is 1. The fourth-order valence-electron chi connectivity index (χ4n) is 1.70. The lowest BCUT2D eigenvalue weighted by Crippen LogP contribution is -2.53. The molecule has 0 atom stereocenters. The fraction of sp³-hybridized carbons (Fsp3) is 0.364. The highest BCUT2D eigenvalue weighted by atomic mass is 35.5. The van der Waals surface area contributed by atoms with Crippen molar-refractivity contribution in [3.63, 3.8) is 0 Å². The molecule has 0 spiro atoms. The van der Waals surface area contributed by atoms with E-state index >= 15 is 0 Å². The summed E-state index contributed by atoms with van der Waals surface area (Å²) in [6.07, 6.45) is 1.12. The molecule has 1 N–H and O–H groups in total. The maximum atomic E-state index is 11.9. The van der Waals surface area contributed by atoms with Crippen LogP contribution in [0.25, 0.3) is 0 Å². The summed E-state index contributed by atoms with van der Waals surface area (Å²) < 4.78 is 23.6. The first-order valence-corrected chi connectivity index (χ1v) is 8.09. The summed E-state index contributed by atoms with van der Waals surface area (Å²) in [7, 11) is -3.21. The number of rotatable bonds is 3. The van der Waals surface area contributed by atoms with Crippen molar-refractivity contribution in [1.29, 1.82) is 0 Å². The third kappa shape index (κ3) is 3.39. The van der Waals surface area contributed by atoms with E-state index in [9.17, 15) is 13.2 Å². The number of anilines is 1. The van der Waals surface area contributed by atoms with Crippen LogP contribution in [0.15, 0.2) is 18.2 Å². The van der Waals surface area contributed by atoms with Crippen molar-refractivity contribution in [1.82, 2.24) is 4.31 Å². The van der Waals surface area contributed by atoms with Gasteiger partial charge in [-0.2, -0.15) is 0 Å². The van der Waals surface area contributed by atoms with Gasteiger partial charge in [0.25, 0.3) is 0 Å². The highest BCUT2D eigenvalue weighted by molar-refractivity contribution is 7.88. The number of carbonyl (C=O) groups is 1. The van der Waals surface area contributed by atoms with Gasteiger partial charge >= 0.3 is 0 Å². The van der Waals surface area contributed by atoms with Gasteiger partial charge in [0, 0.05) is 18.1 Å². The lowest BCUT2D eigenvalue weighted by Gasteiger charge is -2.35. The summed E-state index contributed by atoms with van der Waals surface area (Å²) in [5.74, 6) is -0.592. The molecule has 19 heavy (non-hydrogen) atoms. The van der Waals surface area contributed by atoms with Crippen molar-refractivity contribution < 1.29 is 13.2 Å². The van der Waals surface area contributed by atoms with Crippen molar-refractivity contribution >= 4 is 44.8 Å². The predicted molar refractivity (Wildman–Crippen MR) is 75.0 cm³/mol. The van der Waals surface area contributed by atoms with Crippen LogP contribution in [0.4, 0.5) is 5.69 Å². The third-order valence-corrected chi connectivity index (χ3v) is 4.66. The third-order valence-electron chi connectivity index (χ3n) is 2.88. The van der Waals surface area contributed by atoms with E-state index in [0.29, 0.717) is 15.7 Å². The topological polar surface area (TPSA) is 66.5 Å². The first-order chi connectivity index (χ1) is 8.77. The number of halogens is 2. The molecule has 8 heteroatoms. The molecule has 0 radical (unpaired) electrons. The Morgan fingerprint density at radius 3 is 2.53 bits per heavy atom. The molecule has 1 saturated heterocycles. The Balaban J connectivity index is 1.96. The average molecular weight is 323 g/mol. The molecule has 0 aliphatic carbocycles. The molecule has 1 aromatic carbocycles. The number of hydrogen-bond acceptors (Lipinski definition) is 3. The molecule has 1 heterocycles. The molecule has 0 unspecified atom stereocenters. The Hall–Kier alpha value is -0.820. The lowest BCUT2D eigenvalue weighted by atomic mass is 10.0. The van der Waals surface area contributed by atoms with Crippen LogP contribution in [0.3, 0.4) is 0 Å². The van der Waals surface area contributed by atoms with E-state index in [1.165, 1.54) is 10.4 Å². The molecule has 1 aromatic rings. The normalized spacial score (nSPS) is 17.0. The Morgan fingerprint density at radius 2 is 2.00 bits per heavy atom. The summed E-state index contributed by atoms with van der Waals surface area (Å²) in [5.41, 5.74) is 0.467. The monoisotopic (exact) mass is 322 g/mol. The van der Waals surface area contributed by atoms with Gasteiger partial charge in [0.1, 0.15) is 0 Å². The highest BCUT2D eigenvalue weighted by Crippen LogP contribution is 2.27. The quantitative estimate of drug-likeness (QED) is 0.923. The van der Waals surface area contributed by atoms with Crippen molar-refractivity contribution in [2.75, 3.05) is 24.7 Å². The van der Waals surface area contributed by atoms with Crippen LogP contribution in [0.5, 0.6) is 0 Å². The zero-order valence-electron chi connectivity index (χ0n) is 10.1. The molecular formula is C11H12Cl2N2O3S. The molecule has 5 nitrogen and oxygen atoms in total. The summed E-state index contributed by atoms with van der Waals surface area (Å²) in [4.78, 5) is 11.9. The van der Waals surface area contributed by atoms with E-state index in [4.69, 9.17) is 23.2 Å². The van der Waals surface area contributed by atoms with Crippen LogP contribution in [0.1, 0.15) is 0 Å². The molecule has 0 aromatic heterocycles. The Kier molecular flexibility index (Phi) is 4.06. The lowest BCUT2D eigenvalue weighted by molar-refractivity contribution is -0.122. The van der Waals surface area contributed by atoms with E-state index < -0.39 is 10.0 Å². The van der Waals surface area contributed by atoms with E-state index in [-0.39, 0.29) is 24.9 Å². The standard InChI is InChI=1S/C11H12Cl2N2O3S/c1-19(17,18)15-5-7(6-15)11(16)14-10-3-2-8(12)4-9(10)13/h2-4,7H,5-6H2,1H3,(H,14,16). The molecule has 1 aliphatic rings. The van der Waals surface area contributed by atoms with Gasteiger partial charge < -0.3 is 5.32 Å². The molecule has 0 bridgehead atoms. The second-order valence-corrected chi connectivity index (χ2v) is 7.22. The van der Waals surface area contributed by atoms with Crippen molar-refractivity contribution in [3.8, 4) is 0 Å². The minimum Gasteiger partial charge on any atom is -0.324 e.